The highest BCUT2D eigenvalue weighted by molar-refractivity contribution is 5.85. The molecule has 1 unspecified atom stereocenters. The smallest absolute Gasteiger partial charge is 0.239 e. The Labute approximate surface area is 110 Å². The van der Waals surface area contributed by atoms with Crippen molar-refractivity contribution in [2.24, 2.45) is 0 Å². The minimum Gasteiger partial charge on any atom is -0.394 e. The number of halogens is 1. The third-order valence-electron chi connectivity index (χ3n) is 1.73. The van der Waals surface area contributed by atoms with E-state index < -0.39 is 0 Å². The molecule has 1 aliphatic rings. The quantitative estimate of drug-likeness (QED) is 0.689. The fourth-order valence-corrected chi connectivity index (χ4v) is 1.07. The summed E-state index contributed by atoms with van der Waals surface area (Å²) in [6.07, 6.45) is 0.0153. The average molecular weight is 269 g/mol. The summed E-state index contributed by atoms with van der Waals surface area (Å²) in [6.45, 7) is 9.37. The Morgan fingerprint density at radius 3 is 2.29 bits per heavy atom. The van der Waals surface area contributed by atoms with E-state index in [9.17, 15) is 4.79 Å². The van der Waals surface area contributed by atoms with Crippen LogP contribution in [0.25, 0.3) is 0 Å². The standard InChI is InChI=1S/C8H16N2O2.C3H8O.ClH/c1-6(2)12-5-7-8(11)10-4-3-9-7;1-3(2)4;/h6-7,9H,3-5H2,1-2H3,(H,10,11);3-4H,1-2H3;1H. The van der Waals surface area contributed by atoms with Crippen LogP contribution in [0.5, 0.6) is 0 Å². The second-order valence-corrected chi connectivity index (χ2v) is 4.27. The Bertz CT molecular complexity index is 198. The maximum Gasteiger partial charge on any atom is 0.239 e. The van der Waals surface area contributed by atoms with Crippen LogP contribution in [0.3, 0.4) is 0 Å². The van der Waals surface area contributed by atoms with Gasteiger partial charge in [-0.25, -0.2) is 0 Å². The molecule has 0 aromatic heterocycles. The number of hydrogen-bond donors (Lipinski definition) is 3. The van der Waals surface area contributed by atoms with Gasteiger partial charge in [0.25, 0.3) is 0 Å². The van der Waals surface area contributed by atoms with Crippen LogP contribution in [-0.2, 0) is 9.53 Å². The highest BCUT2D eigenvalue weighted by Crippen LogP contribution is 1.94. The van der Waals surface area contributed by atoms with E-state index in [0.29, 0.717) is 6.61 Å². The molecule has 0 saturated carbocycles. The van der Waals surface area contributed by atoms with Crippen LogP contribution in [0.4, 0.5) is 0 Å². The van der Waals surface area contributed by atoms with Gasteiger partial charge in [-0.1, -0.05) is 0 Å². The van der Waals surface area contributed by atoms with Crippen molar-refractivity contribution < 1.29 is 14.6 Å². The Balaban J connectivity index is 0. The lowest BCUT2D eigenvalue weighted by Gasteiger charge is -2.23. The number of rotatable bonds is 3. The molecule has 1 heterocycles. The van der Waals surface area contributed by atoms with Crippen molar-refractivity contribution in [3.05, 3.63) is 0 Å². The van der Waals surface area contributed by atoms with E-state index in [4.69, 9.17) is 9.84 Å². The van der Waals surface area contributed by atoms with Gasteiger partial charge in [-0.2, -0.15) is 0 Å². The van der Waals surface area contributed by atoms with Gasteiger partial charge in [-0.3, -0.25) is 4.79 Å². The molecule has 0 aliphatic carbocycles. The topological polar surface area (TPSA) is 70.6 Å². The van der Waals surface area contributed by atoms with Crippen molar-refractivity contribution in [1.29, 1.82) is 0 Å². The molecule has 17 heavy (non-hydrogen) atoms. The Morgan fingerprint density at radius 2 is 1.88 bits per heavy atom. The van der Waals surface area contributed by atoms with Crippen molar-refractivity contribution in [3.8, 4) is 0 Å². The number of amides is 1. The van der Waals surface area contributed by atoms with Gasteiger partial charge in [-0.05, 0) is 27.7 Å². The first-order valence-electron chi connectivity index (χ1n) is 5.74. The Hall–Kier alpha value is -0.360. The van der Waals surface area contributed by atoms with Crippen LogP contribution in [0.2, 0.25) is 0 Å². The van der Waals surface area contributed by atoms with Gasteiger partial charge in [-0.15, -0.1) is 12.4 Å². The minimum absolute atomic E-state index is 0. The number of aliphatic hydroxyl groups is 1. The molecule has 6 heteroatoms. The van der Waals surface area contributed by atoms with E-state index in [1.165, 1.54) is 0 Å². The first kappa shape index (κ1) is 19.0. The molecule has 0 aromatic rings. The van der Waals surface area contributed by atoms with Crippen LogP contribution < -0.4 is 10.6 Å². The lowest BCUT2D eigenvalue weighted by atomic mass is 10.2. The number of aliphatic hydroxyl groups excluding tert-OH is 1. The Morgan fingerprint density at radius 1 is 1.35 bits per heavy atom. The average Bonchev–Trinajstić information content (AvgIpc) is 2.15. The van der Waals surface area contributed by atoms with Crippen molar-refractivity contribution in [3.63, 3.8) is 0 Å². The van der Waals surface area contributed by atoms with Gasteiger partial charge >= 0.3 is 0 Å². The maximum atomic E-state index is 11.2. The molecule has 0 spiro atoms. The zero-order chi connectivity index (χ0) is 12.6. The largest absolute Gasteiger partial charge is 0.394 e. The molecule has 1 rings (SSSR count). The molecule has 0 bridgehead atoms. The first-order valence-corrected chi connectivity index (χ1v) is 5.74. The predicted octanol–water partition coefficient (Wildman–Crippen LogP) is 0.308. The fourth-order valence-electron chi connectivity index (χ4n) is 1.07. The summed E-state index contributed by atoms with van der Waals surface area (Å²) in [5.41, 5.74) is 0. The number of ether oxygens (including phenoxy) is 1. The third kappa shape index (κ3) is 11.9. The molecule has 1 saturated heterocycles. The number of nitrogens with one attached hydrogen (secondary N) is 2. The zero-order valence-electron chi connectivity index (χ0n) is 11.0. The molecule has 5 nitrogen and oxygen atoms in total. The molecule has 1 fully saturated rings. The lowest BCUT2D eigenvalue weighted by molar-refractivity contribution is -0.126. The SMILES string of the molecule is CC(C)O.CC(C)OCC1NCCNC1=O.Cl. The highest BCUT2D eigenvalue weighted by Gasteiger charge is 2.21. The van der Waals surface area contributed by atoms with Crippen molar-refractivity contribution in [2.75, 3.05) is 19.7 Å². The zero-order valence-corrected chi connectivity index (χ0v) is 11.8. The summed E-state index contributed by atoms with van der Waals surface area (Å²) in [7, 11) is 0. The molecule has 104 valence electrons. The summed E-state index contributed by atoms with van der Waals surface area (Å²) in [6, 6.07) is -0.166. The summed E-state index contributed by atoms with van der Waals surface area (Å²) < 4.78 is 5.33. The molecule has 3 N–H and O–H groups in total. The van der Waals surface area contributed by atoms with Gasteiger partial charge in [0, 0.05) is 19.2 Å². The number of piperazine rings is 1. The number of carbonyl (C=O) groups is 1. The third-order valence-corrected chi connectivity index (χ3v) is 1.73. The minimum atomic E-state index is -0.167. The lowest BCUT2D eigenvalue weighted by Crippen LogP contribution is -2.55. The van der Waals surface area contributed by atoms with Gasteiger partial charge in [0.05, 0.1) is 12.7 Å². The van der Waals surface area contributed by atoms with Crippen LogP contribution >= 0.6 is 12.4 Å². The van der Waals surface area contributed by atoms with E-state index >= 15 is 0 Å². The van der Waals surface area contributed by atoms with Crippen molar-refractivity contribution >= 4 is 18.3 Å². The van der Waals surface area contributed by atoms with Gasteiger partial charge in [0.1, 0.15) is 6.04 Å². The summed E-state index contributed by atoms with van der Waals surface area (Å²) in [5, 5.41) is 13.9. The predicted molar refractivity (Wildman–Crippen MR) is 70.5 cm³/mol. The molecule has 1 amide bonds. The highest BCUT2D eigenvalue weighted by atomic mass is 35.5. The van der Waals surface area contributed by atoms with E-state index in [1.54, 1.807) is 13.8 Å². The van der Waals surface area contributed by atoms with Crippen molar-refractivity contribution in [1.82, 2.24) is 10.6 Å². The molecular weight excluding hydrogens is 244 g/mol. The van der Waals surface area contributed by atoms with Crippen LogP contribution in [0, 0.1) is 0 Å². The molecule has 0 aromatic carbocycles. The summed E-state index contributed by atoms with van der Waals surface area (Å²) >= 11 is 0. The monoisotopic (exact) mass is 268 g/mol. The first-order chi connectivity index (χ1) is 7.43. The van der Waals surface area contributed by atoms with Crippen LogP contribution in [0.15, 0.2) is 0 Å². The molecule has 1 aliphatic heterocycles. The maximum absolute atomic E-state index is 11.2. The number of hydrogen-bond acceptors (Lipinski definition) is 4. The molecule has 1 atom stereocenters. The van der Waals surface area contributed by atoms with E-state index in [1.807, 2.05) is 13.8 Å². The second-order valence-electron chi connectivity index (χ2n) is 4.27. The van der Waals surface area contributed by atoms with Gasteiger partial charge < -0.3 is 20.5 Å². The molecule has 0 radical (unpaired) electrons. The normalized spacial score (nSPS) is 19.2. The molecular formula is C11H25ClN2O3. The van der Waals surface area contributed by atoms with Crippen LogP contribution in [0.1, 0.15) is 27.7 Å². The van der Waals surface area contributed by atoms with Crippen LogP contribution in [-0.4, -0.2) is 49.0 Å². The van der Waals surface area contributed by atoms with Gasteiger partial charge in [0.15, 0.2) is 0 Å². The summed E-state index contributed by atoms with van der Waals surface area (Å²) in [4.78, 5) is 11.2. The van der Waals surface area contributed by atoms with E-state index in [0.717, 1.165) is 13.1 Å². The van der Waals surface area contributed by atoms with E-state index in [2.05, 4.69) is 10.6 Å². The Kier molecular flexibility index (Phi) is 12.0. The summed E-state index contributed by atoms with van der Waals surface area (Å²) in [5.74, 6) is 0.0434. The number of carbonyl (C=O) groups excluding carboxylic acids is 1. The second kappa shape index (κ2) is 10.8. The fraction of sp³-hybridized carbons (Fsp3) is 0.909. The van der Waals surface area contributed by atoms with E-state index in [-0.39, 0.29) is 36.6 Å². The van der Waals surface area contributed by atoms with Gasteiger partial charge in [0.2, 0.25) is 5.91 Å². The van der Waals surface area contributed by atoms with Crippen molar-refractivity contribution in [2.45, 2.75) is 45.9 Å².